The number of nitrogens with zero attached hydrogens (tertiary/aromatic N) is 3. The molecule has 2 aromatic heterocycles. The number of para-hydroxylation sites is 1. The molecule has 2 aromatic carbocycles. The van der Waals surface area contributed by atoms with Crippen molar-refractivity contribution in [3.8, 4) is 5.69 Å². The van der Waals surface area contributed by atoms with Crippen molar-refractivity contribution in [1.82, 2.24) is 19.8 Å². The van der Waals surface area contributed by atoms with E-state index in [1.165, 1.54) is 16.5 Å². The number of fused-ring (bicyclic) bond motifs is 1. The number of benzene rings is 2. The van der Waals surface area contributed by atoms with E-state index in [0.29, 0.717) is 6.54 Å². The molecule has 0 radical (unpaired) electrons. The summed E-state index contributed by atoms with van der Waals surface area (Å²) >= 11 is 0. The second-order valence-electron chi connectivity index (χ2n) is 8.97. The maximum Gasteiger partial charge on any atom is 0.319 e. The molecule has 0 bridgehead atoms. The third-order valence-electron chi connectivity index (χ3n) is 6.38. The highest BCUT2D eigenvalue weighted by Gasteiger charge is 2.14. The van der Waals surface area contributed by atoms with E-state index in [1.807, 2.05) is 37.3 Å². The zero-order valence-corrected chi connectivity index (χ0v) is 20.0. The summed E-state index contributed by atoms with van der Waals surface area (Å²) < 4.78 is 7.71. The van der Waals surface area contributed by atoms with Crippen molar-refractivity contribution in [3.63, 3.8) is 0 Å². The second-order valence-corrected chi connectivity index (χ2v) is 8.97. The lowest BCUT2D eigenvalue weighted by atomic mass is 10.1. The Morgan fingerprint density at radius 3 is 2.66 bits per heavy atom. The van der Waals surface area contributed by atoms with E-state index in [0.717, 1.165) is 61.8 Å². The van der Waals surface area contributed by atoms with Crippen LogP contribution in [0.3, 0.4) is 0 Å². The van der Waals surface area contributed by atoms with Gasteiger partial charge in [0.25, 0.3) is 0 Å². The molecule has 35 heavy (non-hydrogen) atoms. The van der Waals surface area contributed by atoms with Crippen molar-refractivity contribution in [1.29, 1.82) is 0 Å². The number of pyridine rings is 1. The Morgan fingerprint density at radius 1 is 1.06 bits per heavy atom. The Balaban J connectivity index is 1.25. The predicted octanol–water partition coefficient (Wildman–Crippen LogP) is 4.53. The first-order chi connectivity index (χ1) is 17.2. The zero-order chi connectivity index (χ0) is 24.0. The molecule has 1 saturated heterocycles. The van der Waals surface area contributed by atoms with Gasteiger partial charge in [0.15, 0.2) is 0 Å². The zero-order valence-electron chi connectivity index (χ0n) is 20.0. The van der Waals surface area contributed by atoms with Crippen molar-refractivity contribution >= 4 is 22.6 Å². The first kappa shape index (κ1) is 23.1. The van der Waals surface area contributed by atoms with E-state index in [2.05, 4.69) is 55.5 Å². The van der Waals surface area contributed by atoms with E-state index >= 15 is 0 Å². The van der Waals surface area contributed by atoms with Crippen LogP contribution in [-0.4, -0.2) is 53.3 Å². The summed E-state index contributed by atoms with van der Waals surface area (Å²) in [6, 6.07) is 18.3. The van der Waals surface area contributed by atoms with Crippen LogP contribution in [0.2, 0.25) is 0 Å². The van der Waals surface area contributed by atoms with E-state index < -0.39 is 0 Å². The molecule has 0 saturated carbocycles. The van der Waals surface area contributed by atoms with Crippen LogP contribution in [0.5, 0.6) is 0 Å². The fraction of sp³-hybridized carbons (Fsp3) is 0.286. The molecule has 2 N–H and O–H groups in total. The van der Waals surface area contributed by atoms with Crippen LogP contribution in [0.4, 0.5) is 10.5 Å². The number of urea groups is 1. The number of carbonyl (C=O) groups is 1. The molecule has 180 valence electrons. The van der Waals surface area contributed by atoms with Gasteiger partial charge in [0.2, 0.25) is 0 Å². The largest absolute Gasteiger partial charge is 0.379 e. The van der Waals surface area contributed by atoms with Crippen LogP contribution in [0.1, 0.15) is 16.7 Å². The molecule has 3 heterocycles. The summed E-state index contributed by atoms with van der Waals surface area (Å²) in [7, 11) is 0. The minimum Gasteiger partial charge on any atom is -0.379 e. The average molecular weight is 470 g/mol. The molecule has 1 fully saturated rings. The molecule has 0 spiro atoms. The highest BCUT2D eigenvalue weighted by atomic mass is 16.5. The molecule has 1 aliphatic rings. The Hall–Kier alpha value is -3.68. The van der Waals surface area contributed by atoms with Crippen LogP contribution in [0.15, 0.2) is 73.2 Å². The lowest BCUT2D eigenvalue weighted by Gasteiger charge is -2.26. The molecule has 7 heteroatoms. The molecule has 2 amide bonds. The van der Waals surface area contributed by atoms with Crippen molar-refractivity contribution in [2.24, 2.45) is 0 Å². The number of morpholine rings is 1. The minimum atomic E-state index is -0.240. The smallest absolute Gasteiger partial charge is 0.319 e. The van der Waals surface area contributed by atoms with Crippen LogP contribution < -0.4 is 10.6 Å². The quantitative estimate of drug-likeness (QED) is 0.417. The number of nitrogens with one attached hydrogen (secondary N) is 2. The van der Waals surface area contributed by atoms with Gasteiger partial charge in [0.1, 0.15) is 0 Å². The first-order valence-electron chi connectivity index (χ1n) is 12.1. The van der Waals surface area contributed by atoms with Gasteiger partial charge in [-0.3, -0.25) is 9.88 Å². The summed E-state index contributed by atoms with van der Waals surface area (Å²) in [4.78, 5) is 19.0. The summed E-state index contributed by atoms with van der Waals surface area (Å²) in [5, 5.41) is 7.08. The Bertz CT molecular complexity index is 1290. The molecule has 4 aromatic rings. The lowest BCUT2D eigenvalue weighted by molar-refractivity contribution is 0.0385. The van der Waals surface area contributed by atoms with Crippen molar-refractivity contribution < 1.29 is 9.53 Å². The number of aromatic nitrogens is 2. The second kappa shape index (κ2) is 10.7. The third kappa shape index (κ3) is 5.70. The number of carbonyl (C=O) groups excluding carboxylic acids is 1. The molecule has 0 atom stereocenters. The molecule has 1 aliphatic heterocycles. The Kier molecular flexibility index (Phi) is 7.07. The minimum absolute atomic E-state index is 0.240. The van der Waals surface area contributed by atoms with E-state index in [9.17, 15) is 4.79 Å². The van der Waals surface area contributed by atoms with E-state index in [1.54, 1.807) is 12.4 Å². The van der Waals surface area contributed by atoms with Gasteiger partial charge in [0, 0.05) is 61.5 Å². The maximum absolute atomic E-state index is 12.3. The predicted molar refractivity (Wildman–Crippen MR) is 139 cm³/mol. The molecule has 5 rings (SSSR count). The average Bonchev–Trinajstić information content (AvgIpc) is 3.26. The topological polar surface area (TPSA) is 71.4 Å². The fourth-order valence-corrected chi connectivity index (χ4v) is 4.54. The van der Waals surface area contributed by atoms with Crippen LogP contribution in [-0.2, 0) is 17.7 Å². The van der Waals surface area contributed by atoms with Gasteiger partial charge in [-0.15, -0.1) is 0 Å². The normalized spacial score (nSPS) is 14.2. The summed E-state index contributed by atoms with van der Waals surface area (Å²) in [6.45, 7) is 7.10. The van der Waals surface area contributed by atoms with Gasteiger partial charge in [-0.25, -0.2) is 4.79 Å². The van der Waals surface area contributed by atoms with Gasteiger partial charge in [-0.05, 0) is 60.4 Å². The van der Waals surface area contributed by atoms with Crippen molar-refractivity contribution in [2.75, 3.05) is 38.2 Å². The fourth-order valence-electron chi connectivity index (χ4n) is 4.54. The van der Waals surface area contributed by atoms with Gasteiger partial charge >= 0.3 is 6.03 Å². The monoisotopic (exact) mass is 469 g/mol. The molecular weight excluding hydrogens is 438 g/mol. The third-order valence-corrected chi connectivity index (χ3v) is 6.38. The van der Waals surface area contributed by atoms with Crippen LogP contribution in [0, 0.1) is 6.92 Å². The SMILES string of the molecule is Cc1cncc(CNC(=O)Nc2ccc(-n3cc(CCN4CCOCC4)c4ccccc43)cc2)c1. The number of amides is 2. The van der Waals surface area contributed by atoms with Gasteiger partial charge in [0.05, 0.1) is 18.7 Å². The molecule has 0 aliphatic carbocycles. The highest BCUT2D eigenvalue weighted by Crippen LogP contribution is 2.26. The number of rotatable bonds is 7. The van der Waals surface area contributed by atoms with Crippen molar-refractivity contribution in [3.05, 3.63) is 89.9 Å². The summed E-state index contributed by atoms with van der Waals surface area (Å²) in [5.74, 6) is 0. The molecule has 7 nitrogen and oxygen atoms in total. The molecule has 0 unspecified atom stereocenters. The first-order valence-corrected chi connectivity index (χ1v) is 12.1. The Morgan fingerprint density at radius 2 is 1.86 bits per heavy atom. The number of ether oxygens (including phenoxy) is 1. The Labute approximate surface area is 205 Å². The van der Waals surface area contributed by atoms with Gasteiger partial charge in [-0.1, -0.05) is 24.3 Å². The number of hydrogen-bond acceptors (Lipinski definition) is 4. The van der Waals surface area contributed by atoms with Gasteiger partial charge in [-0.2, -0.15) is 0 Å². The van der Waals surface area contributed by atoms with E-state index in [-0.39, 0.29) is 6.03 Å². The summed E-state index contributed by atoms with van der Waals surface area (Å²) in [5.41, 5.74) is 6.39. The van der Waals surface area contributed by atoms with E-state index in [4.69, 9.17) is 4.74 Å². The lowest BCUT2D eigenvalue weighted by Crippen LogP contribution is -2.37. The van der Waals surface area contributed by atoms with Crippen LogP contribution in [0.25, 0.3) is 16.6 Å². The summed E-state index contributed by atoms with van der Waals surface area (Å²) in [6.07, 6.45) is 6.81. The van der Waals surface area contributed by atoms with Gasteiger partial charge < -0.3 is 19.9 Å². The van der Waals surface area contributed by atoms with Crippen molar-refractivity contribution in [2.45, 2.75) is 19.9 Å². The molecular formula is C28H31N5O2. The van der Waals surface area contributed by atoms with Crippen LogP contribution >= 0.6 is 0 Å². The number of hydrogen-bond donors (Lipinski definition) is 2. The standard InChI is InChI=1S/C28H31N5O2/c1-21-16-22(18-29-17-21)19-30-28(34)31-24-6-8-25(9-7-24)33-20-23(26-4-2-3-5-27(26)33)10-11-32-12-14-35-15-13-32/h2-9,16-18,20H,10-15,19H2,1H3,(H2,30,31,34). The highest BCUT2D eigenvalue weighted by molar-refractivity contribution is 5.89. The number of aryl methyl sites for hydroxylation is 1. The number of anilines is 1. The maximum atomic E-state index is 12.3.